The summed E-state index contributed by atoms with van der Waals surface area (Å²) in [5, 5.41) is 19.7. The third-order valence-electron chi connectivity index (χ3n) is 4.37. The molecule has 0 fully saturated rings. The number of benzene rings is 2. The van der Waals surface area contributed by atoms with Crippen LogP contribution in [0.4, 0.5) is 5.69 Å². The van der Waals surface area contributed by atoms with Crippen molar-refractivity contribution in [2.45, 2.75) is 33.7 Å². The summed E-state index contributed by atoms with van der Waals surface area (Å²) in [6.45, 7) is 7.47. The van der Waals surface area contributed by atoms with Gasteiger partial charge in [-0.05, 0) is 63.6 Å². The first-order valence-electron chi connectivity index (χ1n) is 8.95. The number of carbonyl (C=O) groups is 1. The number of amides is 1. The monoisotopic (exact) mass is 399 g/mol. The van der Waals surface area contributed by atoms with Crippen LogP contribution in [0.3, 0.4) is 0 Å². The van der Waals surface area contributed by atoms with Gasteiger partial charge in [-0.15, -0.1) is 10.2 Å². The minimum atomic E-state index is -0.549. The minimum Gasteiger partial charge on any atom is -0.493 e. The zero-order valence-electron chi connectivity index (χ0n) is 16.2. The van der Waals surface area contributed by atoms with E-state index in [1.807, 2.05) is 45.9 Å². The van der Waals surface area contributed by atoms with Gasteiger partial charge in [-0.1, -0.05) is 23.2 Å². The van der Waals surface area contributed by atoms with Gasteiger partial charge >= 0.3 is 5.91 Å². The lowest BCUT2D eigenvalue weighted by Crippen LogP contribution is -2.08. The van der Waals surface area contributed by atoms with Gasteiger partial charge in [-0.25, -0.2) is 0 Å². The second-order valence-electron chi connectivity index (χ2n) is 6.95. The van der Waals surface area contributed by atoms with Crippen LogP contribution in [0.5, 0.6) is 11.6 Å². The van der Waals surface area contributed by atoms with E-state index in [0.717, 1.165) is 22.0 Å². The van der Waals surface area contributed by atoms with Gasteiger partial charge < -0.3 is 14.4 Å². The molecule has 1 aromatic heterocycles. The molecule has 146 valence electrons. The van der Waals surface area contributed by atoms with Crippen LogP contribution in [-0.2, 0) is 4.79 Å². The van der Waals surface area contributed by atoms with Crippen LogP contribution in [0, 0.1) is 13.8 Å². The minimum absolute atomic E-state index is 0.0124. The van der Waals surface area contributed by atoms with E-state index in [9.17, 15) is 9.90 Å². The Labute approximate surface area is 168 Å². The summed E-state index contributed by atoms with van der Waals surface area (Å²) in [4.78, 5) is 12.1. The van der Waals surface area contributed by atoms with Gasteiger partial charge in [0.15, 0.2) is 12.3 Å². The summed E-state index contributed by atoms with van der Waals surface area (Å²) in [6, 6.07) is 11.0. The number of rotatable bonds is 5. The van der Waals surface area contributed by atoms with Gasteiger partial charge in [0.2, 0.25) is 5.88 Å². The van der Waals surface area contributed by atoms with Gasteiger partial charge in [0, 0.05) is 16.5 Å². The second kappa shape index (κ2) is 8.02. The van der Waals surface area contributed by atoms with Gasteiger partial charge in [-0.2, -0.15) is 0 Å². The molecule has 0 saturated heterocycles. The first-order chi connectivity index (χ1) is 13.3. The number of aromatic nitrogens is 1. The average molecular weight is 400 g/mol. The number of fused-ring (bicyclic) bond motifs is 1. The molecule has 0 aliphatic rings. The average Bonchev–Trinajstić information content (AvgIpc) is 2.90. The Morgan fingerprint density at radius 3 is 2.64 bits per heavy atom. The molecule has 3 aromatic rings. The fraction of sp³-hybridized carbons (Fsp3) is 0.286. The number of halogens is 1. The lowest BCUT2D eigenvalue weighted by molar-refractivity contribution is -0.120. The molecule has 28 heavy (non-hydrogen) atoms. The standard InChI is InChI=1S/C21H22ClN3O3/c1-12(2)25-17-7-5-13(3)9-16(17)20(21(25)27)24-23-19(26)11-28-18-8-6-15(22)10-14(18)4/h5-10,12,27H,11H2,1-4H3. The van der Waals surface area contributed by atoms with Crippen molar-refractivity contribution in [1.29, 1.82) is 0 Å². The van der Waals surface area contributed by atoms with Crippen LogP contribution in [0.25, 0.3) is 10.9 Å². The molecule has 1 N–H and O–H groups in total. The first-order valence-corrected chi connectivity index (χ1v) is 9.32. The van der Waals surface area contributed by atoms with Crippen LogP contribution < -0.4 is 4.74 Å². The number of carbonyl (C=O) groups excluding carboxylic acids is 1. The summed E-state index contributed by atoms with van der Waals surface area (Å²) >= 11 is 5.91. The van der Waals surface area contributed by atoms with Crippen molar-refractivity contribution >= 4 is 34.1 Å². The van der Waals surface area contributed by atoms with Gasteiger partial charge in [0.05, 0.1) is 5.52 Å². The van der Waals surface area contributed by atoms with Crippen molar-refractivity contribution in [3.05, 3.63) is 52.5 Å². The molecule has 0 spiro atoms. The highest BCUT2D eigenvalue weighted by atomic mass is 35.5. The number of hydrogen-bond donors (Lipinski definition) is 1. The van der Waals surface area contributed by atoms with Crippen molar-refractivity contribution in [3.8, 4) is 11.6 Å². The molecular formula is C21H22ClN3O3. The predicted molar refractivity (Wildman–Crippen MR) is 110 cm³/mol. The molecule has 0 aliphatic carbocycles. The molecule has 0 radical (unpaired) electrons. The van der Waals surface area contributed by atoms with Crippen molar-refractivity contribution in [2.24, 2.45) is 10.2 Å². The Morgan fingerprint density at radius 1 is 1.21 bits per heavy atom. The van der Waals surface area contributed by atoms with E-state index in [4.69, 9.17) is 16.3 Å². The Hall–Kier alpha value is -2.86. The third-order valence-corrected chi connectivity index (χ3v) is 4.61. The van der Waals surface area contributed by atoms with Gasteiger partial charge in [0.1, 0.15) is 5.75 Å². The molecule has 0 bridgehead atoms. The van der Waals surface area contributed by atoms with E-state index in [-0.39, 0.29) is 24.2 Å². The van der Waals surface area contributed by atoms with E-state index < -0.39 is 5.91 Å². The van der Waals surface area contributed by atoms with Crippen LogP contribution in [0.15, 0.2) is 46.6 Å². The molecule has 7 heteroatoms. The highest BCUT2D eigenvalue weighted by Crippen LogP contribution is 2.41. The smallest absolute Gasteiger partial charge is 0.302 e. The molecule has 2 aromatic carbocycles. The normalized spacial score (nSPS) is 11.6. The molecule has 1 amide bonds. The summed E-state index contributed by atoms with van der Waals surface area (Å²) in [5.74, 6) is -0.00343. The summed E-state index contributed by atoms with van der Waals surface area (Å²) in [6.07, 6.45) is 0. The quantitative estimate of drug-likeness (QED) is 0.543. The van der Waals surface area contributed by atoms with Crippen LogP contribution >= 0.6 is 11.6 Å². The maximum Gasteiger partial charge on any atom is 0.302 e. The van der Waals surface area contributed by atoms with Gasteiger partial charge in [0.25, 0.3) is 0 Å². The van der Waals surface area contributed by atoms with Crippen molar-refractivity contribution in [3.63, 3.8) is 0 Å². The maximum absolute atomic E-state index is 12.1. The van der Waals surface area contributed by atoms with E-state index in [1.54, 1.807) is 22.8 Å². The van der Waals surface area contributed by atoms with E-state index in [0.29, 0.717) is 10.8 Å². The molecule has 3 rings (SSSR count). The molecule has 6 nitrogen and oxygen atoms in total. The second-order valence-corrected chi connectivity index (χ2v) is 7.39. The fourth-order valence-electron chi connectivity index (χ4n) is 3.07. The topological polar surface area (TPSA) is 76.2 Å². The first kappa shape index (κ1) is 19.9. The number of aromatic hydroxyl groups is 1. The van der Waals surface area contributed by atoms with Crippen molar-refractivity contribution in [1.82, 2.24) is 4.57 Å². The zero-order chi connectivity index (χ0) is 20.4. The van der Waals surface area contributed by atoms with E-state index in [1.165, 1.54) is 0 Å². The van der Waals surface area contributed by atoms with Crippen molar-refractivity contribution in [2.75, 3.05) is 6.61 Å². The molecule has 0 unspecified atom stereocenters. The summed E-state index contributed by atoms with van der Waals surface area (Å²) < 4.78 is 7.26. The third kappa shape index (κ3) is 4.02. The van der Waals surface area contributed by atoms with Crippen molar-refractivity contribution < 1.29 is 14.6 Å². The number of nitrogens with zero attached hydrogens (tertiary/aromatic N) is 3. The maximum atomic E-state index is 12.1. The zero-order valence-corrected chi connectivity index (χ0v) is 17.0. The number of hydrogen-bond acceptors (Lipinski definition) is 4. The molecule has 0 aliphatic heterocycles. The highest BCUT2D eigenvalue weighted by molar-refractivity contribution is 6.30. The molecule has 0 saturated carbocycles. The summed E-state index contributed by atoms with van der Waals surface area (Å²) in [5.41, 5.74) is 2.97. The summed E-state index contributed by atoms with van der Waals surface area (Å²) in [7, 11) is 0. The Balaban J connectivity index is 1.83. The van der Waals surface area contributed by atoms with Crippen LogP contribution in [0.2, 0.25) is 5.02 Å². The van der Waals surface area contributed by atoms with Gasteiger partial charge in [-0.3, -0.25) is 4.79 Å². The lowest BCUT2D eigenvalue weighted by Gasteiger charge is -2.10. The Kier molecular flexibility index (Phi) is 5.70. The molecule has 0 atom stereocenters. The van der Waals surface area contributed by atoms with Crippen LogP contribution in [-0.4, -0.2) is 22.2 Å². The SMILES string of the molecule is Cc1ccc2c(c1)c(N=NC(=O)COc1ccc(Cl)cc1C)c(O)n2C(C)C. The lowest BCUT2D eigenvalue weighted by atomic mass is 10.1. The van der Waals surface area contributed by atoms with Crippen LogP contribution in [0.1, 0.15) is 31.0 Å². The Bertz CT molecular complexity index is 1070. The fourth-order valence-corrected chi connectivity index (χ4v) is 3.30. The predicted octanol–water partition coefficient (Wildman–Crippen LogP) is 5.89. The Morgan fingerprint density at radius 2 is 1.96 bits per heavy atom. The largest absolute Gasteiger partial charge is 0.493 e. The van der Waals surface area contributed by atoms with E-state index >= 15 is 0 Å². The molecular weight excluding hydrogens is 378 g/mol. The number of aryl methyl sites for hydroxylation is 2. The number of azo groups is 1. The highest BCUT2D eigenvalue weighted by Gasteiger charge is 2.19. The number of ether oxygens (including phenoxy) is 1. The van der Waals surface area contributed by atoms with E-state index in [2.05, 4.69) is 10.2 Å². The molecule has 1 heterocycles.